The van der Waals surface area contributed by atoms with E-state index in [0.717, 1.165) is 11.3 Å². The zero-order valence-corrected chi connectivity index (χ0v) is 13.3. The summed E-state index contributed by atoms with van der Waals surface area (Å²) in [7, 11) is 1.38. The van der Waals surface area contributed by atoms with Crippen molar-refractivity contribution in [2.75, 3.05) is 12.0 Å². The molecule has 0 amide bonds. The molecule has 0 saturated carbocycles. The number of rotatable bonds is 4. The molecular weight excluding hydrogens is 286 g/mol. The topological polar surface area (TPSA) is 46.6 Å². The second kappa shape index (κ2) is 6.35. The molecular formula is C16H19NO3S. The lowest BCUT2D eigenvalue weighted by Crippen LogP contribution is -2.45. The normalized spacial score (nSPS) is 18.0. The zero-order valence-electron chi connectivity index (χ0n) is 12.5. The molecule has 1 aromatic carbocycles. The van der Waals surface area contributed by atoms with Gasteiger partial charge >= 0.3 is 5.97 Å². The van der Waals surface area contributed by atoms with Crippen LogP contribution in [0.1, 0.15) is 25.8 Å². The number of para-hydroxylation sites is 1. The van der Waals surface area contributed by atoms with Crippen molar-refractivity contribution in [3.8, 4) is 0 Å². The minimum atomic E-state index is -0.436. The molecule has 0 N–H and O–H groups in total. The Labute approximate surface area is 130 Å². The van der Waals surface area contributed by atoms with Crippen molar-refractivity contribution >= 4 is 34.6 Å². The summed E-state index contributed by atoms with van der Waals surface area (Å²) in [4.78, 5) is 25.8. The Kier molecular flexibility index (Phi) is 4.73. The molecule has 0 aromatic heterocycles. The van der Waals surface area contributed by atoms with Gasteiger partial charge in [-0.3, -0.25) is 0 Å². The third-order valence-electron chi connectivity index (χ3n) is 3.70. The van der Waals surface area contributed by atoms with Crippen LogP contribution in [0.5, 0.6) is 0 Å². The molecule has 2 atom stereocenters. The van der Waals surface area contributed by atoms with E-state index in [2.05, 4.69) is 0 Å². The van der Waals surface area contributed by atoms with Gasteiger partial charge in [-0.2, -0.15) is 0 Å². The van der Waals surface area contributed by atoms with Crippen LogP contribution in [0.3, 0.4) is 0 Å². The average molecular weight is 305 g/mol. The van der Waals surface area contributed by atoms with E-state index in [4.69, 9.17) is 17.0 Å². The molecule has 5 heteroatoms. The zero-order chi connectivity index (χ0) is 15.6. The number of Topliss-reactive ketones (excluding diaryl/α,β-unsaturated/α-hetero) is 1. The number of benzene rings is 1. The van der Waals surface area contributed by atoms with Crippen molar-refractivity contribution in [3.05, 3.63) is 29.8 Å². The molecule has 1 aliphatic rings. The quantitative estimate of drug-likeness (QED) is 0.632. The Balaban J connectivity index is 2.34. The minimum absolute atomic E-state index is 0.0872. The summed E-state index contributed by atoms with van der Waals surface area (Å²) in [5.41, 5.74) is 2.01. The first-order chi connectivity index (χ1) is 9.95. The molecule has 21 heavy (non-hydrogen) atoms. The predicted octanol–water partition coefficient (Wildman–Crippen LogP) is 2.53. The molecule has 0 spiro atoms. The van der Waals surface area contributed by atoms with Crippen LogP contribution in [0.2, 0.25) is 0 Å². The fourth-order valence-corrected chi connectivity index (χ4v) is 3.05. The molecule has 112 valence electrons. The van der Waals surface area contributed by atoms with E-state index in [1.54, 1.807) is 6.92 Å². The average Bonchev–Trinajstić information content (AvgIpc) is 2.84. The number of ether oxygens (including phenoxy) is 1. The van der Waals surface area contributed by atoms with Gasteiger partial charge in [-0.15, -0.1) is 0 Å². The third-order valence-corrected chi connectivity index (χ3v) is 4.30. The number of ketones is 1. The van der Waals surface area contributed by atoms with E-state index >= 15 is 0 Å². The molecule has 0 fully saturated rings. The molecule has 1 aromatic rings. The van der Waals surface area contributed by atoms with E-state index in [1.165, 1.54) is 7.11 Å². The van der Waals surface area contributed by atoms with E-state index in [1.807, 2.05) is 36.1 Å². The van der Waals surface area contributed by atoms with Crippen LogP contribution in [0.15, 0.2) is 24.3 Å². The maximum absolute atomic E-state index is 12.1. The van der Waals surface area contributed by atoms with Crippen LogP contribution in [0, 0.1) is 5.92 Å². The highest BCUT2D eigenvalue weighted by molar-refractivity contribution is 7.80. The molecule has 0 radical (unpaired) electrons. The van der Waals surface area contributed by atoms with Gasteiger partial charge in [0.15, 0.2) is 0 Å². The molecule has 2 rings (SSSR count). The standard InChI is InChI=1S/C16H19NO3S/c1-10(8-11(2)18)15(21)17-13-7-5-4-6-12(13)9-14(17)16(19)20-3/h4-7,10,14H,8-9H2,1-3H3. The number of carbonyl (C=O) groups is 2. The smallest absolute Gasteiger partial charge is 0.329 e. The second-order valence-corrected chi connectivity index (χ2v) is 5.81. The van der Waals surface area contributed by atoms with Crippen LogP contribution in [-0.4, -0.2) is 29.9 Å². The van der Waals surface area contributed by atoms with Crippen LogP contribution in [0.4, 0.5) is 5.69 Å². The number of esters is 1. The molecule has 1 heterocycles. The van der Waals surface area contributed by atoms with Crippen molar-refractivity contribution in [3.63, 3.8) is 0 Å². The van der Waals surface area contributed by atoms with Gasteiger partial charge in [0.2, 0.25) is 0 Å². The highest BCUT2D eigenvalue weighted by Crippen LogP contribution is 2.34. The largest absolute Gasteiger partial charge is 0.467 e. The summed E-state index contributed by atoms with van der Waals surface area (Å²) in [5, 5.41) is 0. The summed E-state index contributed by atoms with van der Waals surface area (Å²) in [6.45, 7) is 3.47. The van der Waals surface area contributed by atoms with E-state index in [0.29, 0.717) is 17.8 Å². The Morgan fingerprint density at radius 2 is 2.10 bits per heavy atom. The van der Waals surface area contributed by atoms with Crippen LogP contribution in [-0.2, 0) is 20.7 Å². The van der Waals surface area contributed by atoms with Gasteiger partial charge in [0.1, 0.15) is 11.8 Å². The van der Waals surface area contributed by atoms with Crippen molar-refractivity contribution in [2.24, 2.45) is 5.92 Å². The molecule has 0 saturated heterocycles. The molecule has 4 nitrogen and oxygen atoms in total. The molecule has 1 aliphatic heterocycles. The SMILES string of the molecule is COC(=O)C1Cc2ccccc2N1C(=S)C(C)CC(C)=O. The van der Waals surface area contributed by atoms with Crippen molar-refractivity contribution in [1.29, 1.82) is 0 Å². The number of hydrogen-bond donors (Lipinski definition) is 0. The Morgan fingerprint density at radius 1 is 1.43 bits per heavy atom. The summed E-state index contributed by atoms with van der Waals surface area (Å²) in [6.07, 6.45) is 0.959. The maximum Gasteiger partial charge on any atom is 0.329 e. The number of carbonyl (C=O) groups excluding carboxylic acids is 2. The molecule has 2 unspecified atom stereocenters. The van der Waals surface area contributed by atoms with Crippen LogP contribution >= 0.6 is 12.2 Å². The van der Waals surface area contributed by atoms with E-state index in [-0.39, 0.29) is 17.7 Å². The Hall–Kier alpha value is -1.75. The lowest BCUT2D eigenvalue weighted by atomic mass is 10.0. The van der Waals surface area contributed by atoms with Crippen LogP contribution < -0.4 is 4.90 Å². The van der Waals surface area contributed by atoms with Gasteiger partial charge in [0.05, 0.1) is 12.1 Å². The fourth-order valence-electron chi connectivity index (χ4n) is 2.74. The number of hydrogen-bond acceptors (Lipinski definition) is 4. The molecule has 0 aliphatic carbocycles. The summed E-state index contributed by atoms with van der Waals surface area (Å²) in [6, 6.07) is 7.37. The van der Waals surface area contributed by atoms with Gasteiger partial charge in [-0.25, -0.2) is 4.79 Å². The van der Waals surface area contributed by atoms with Gasteiger partial charge in [-0.05, 0) is 18.6 Å². The number of nitrogens with zero attached hydrogens (tertiary/aromatic N) is 1. The highest BCUT2D eigenvalue weighted by atomic mass is 32.1. The van der Waals surface area contributed by atoms with Crippen molar-refractivity contribution in [2.45, 2.75) is 32.7 Å². The Bertz CT molecular complexity index is 585. The van der Waals surface area contributed by atoms with Crippen LogP contribution in [0.25, 0.3) is 0 Å². The van der Waals surface area contributed by atoms with E-state index < -0.39 is 6.04 Å². The minimum Gasteiger partial charge on any atom is -0.467 e. The number of anilines is 1. The monoisotopic (exact) mass is 305 g/mol. The van der Waals surface area contributed by atoms with Gasteiger partial charge in [0, 0.05) is 24.4 Å². The lowest BCUT2D eigenvalue weighted by molar-refractivity contribution is -0.141. The number of fused-ring (bicyclic) bond motifs is 1. The highest BCUT2D eigenvalue weighted by Gasteiger charge is 2.38. The van der Waals surface area contributed by atoms with Crippen molar-refractivity contribution in [1.82, 2.24) is 0 Å². The predicted molar refractivity (Wildman–Crippen MR) is 85.5 cm³/mol. The number of methoxy groups -OCH3 is 1. The second-order valence-electron chi connectivity index (χ2n) is 5.39. The first kappa shape index (κ1) is 15.6. The van der Waals surface area contributed by atoms with E-state index in [9.17, 15) is 9.59 Å². The molecule has 0 bridgehead atoms. The Morgan fingerprint density at radius 3 is 2.71 bits per heavy atom. The number of thiocarbonyl (C=S) groups is 1. The lowest BCUT2D eigenvalue weighted by Gasteiger charge is -2.29. The first-order valence-electron chi connectivity index (χ1n) is 6.94. The third kappa shape index (κ3) is 3.13. The summed E-state index contributed by atoms with van der Waals surface area (Å²) in [5.74, 6) is -0.300. The fraction of sp³-hybridized carbons (Fsp3) is 0.438. The van der Waals surface area contributed by atoms with Gasteiger partial charge < -0.3 is 14.4 Å². The summed E-state index contributed by atoms with van der Waals surface area (Å²) >= 11 is 5.54. The first-order valence-corrected chi connectivity index (χ1v) is 7.34. The van der Waals surface area contributed by atoms with Gasteiger partial charge in [0.25, 0.3) is 0 Å². The summed E-state index contributed by atoms with van der Waals surface area (Å²) < 4.78 is 4.90. The maximum atomic E-state index is 12.1. The van der Waals surface area contributed by atoms with Crippen molar-refractivity contribution < 1.29 is 14.3 Å². The van der Waals surface area contributed by atoms with Gasteiger partial charge in [-0.1, -0.05) is 37.3 Å².